The van der Waals surface area contributed by atoms with E-state index in [0.29, 0.717) is 5.82 Å². The van der Waals surface area contributed by atoms with Gasteiger partial charge in [0, 0.05) is 5.02 Å². The molecule has 1 rings (SSSR count). The van der Waals surface area contributed by atoms with Crippen LogP contribution in [0.25, 0.3) is 0 Å². The molecule has 16 heavy (non-hydrogen) atoms. The van der Waals surface area contributed by atoms with E-state index in [1.165, 1.54) is 0 Å². The van der Waals surface area contributed by atoms with Gasteiger partial charge in [0.1, 0.15) is 0 Å². The summed E-state index contributed by atoms with van der Waals surface area (Å²) in [6.45, 7) is 1.99. The van der Waals surface area contributed by atoms with Crippen LogP contribution in [-0.4, -0.2) is 19.0 Å². The largest absolute Gasteiger partial charge is 0.386 e. The maximum Gasteiger partial charge on any atom is 0.0911 e. The number of nitrogens with zero attached hydrogens (tertiary/aromatic N) is 1. The molecule has 1 unspecified atom stereocenters. The van der Waals surface area contributed by atoms with Crippen LogP contribution in [-0.2, 0) is 0 Å². The van der Waals surface area contributed by atoms with E-state index >= 15 is 0 Å². The highest BCUT2D eigenvalue weighted by Crippen LogP contribution is 2.27. The van der Waals surface area contributed by atoms with Crippen LogP contribution in [0.2, 0.25) is 5.02 Å². The van der Waals surface area contributed by atoms with Crippen molar-refractivity contribution < 1.29 is 0 Å². The number of likely N-dealkylation sites (N-methyl/N-ethyl adjacent to an activating group) is 1. The van der Waals surface area contributed by atoms with Crippen LogP contribution < -0.4 is 11.5 Å². The second kappa shape index (κ2) is 5.23. The molecule has 4 heteroatoms. The lowest BCUT2D eigenvalue weighted by Crippen LogP contribution is -2.22. The maximum absolute atomic E-state index is 6.10. The fourth-order valence-electron chi connectivity index (χ4n) is 1.64. The van der Waals surface area contributed by atoms with Crippen molar-refractivity contribution in [3.63, 3.8) is 0 Å². The van der Waals surface area contributed by atoms with Crippen molar-refractivity contribution in [3.05, 3.63) is 46.2 Å². The van der Waals surface area contributed by atoms with Crippen LogP contribution in [0.15, 0.2) is 30.1 Å². The minimum absolute atomic E-state index is 0.0451. The Balaban J connectivity index is 3.21. The summed E-state index contributed by atoms with van der Waals surface area (Å²) in [7, 11) is 3.95. The van der Waals surface area contributed by atoms with E-state index in [2.05, 4.69) is 0 Å². The first-order valence-electron chi connectivity index (χ1n) is 5.07. The van der Waals surface area contributed by atoms with E-state index in [-0.39, 0.29) is 6.04 Å². The zero-order chi connectivity index (χ0) is 12.3. The van der Waals surface area contributed by atoms with Crippen LogP contribution in [0.3, 0.4) is 0 Å². The van der Waals surface area contributed by atoms with Crippen LogP contribution in [0.4, 0.5) is 0 Å². The van der Waals surface area contributed by atoms with E-state index in [9.17, 15) is 0 Å². The van der Waals surface area contributed by atoms with Crippen LogP contribution in [0, 0.1) is 6.92 Å². The zero-order valence-corrected chi connectivity index (χ0v) is 10.6. The Bertz CT molecular complexity index is 395. The highest BCUT2D eigenvalue weighted by atomic mass is 35.5. The Labute approximate surface area is 102 Å². The molecule has 0 aliphatic carbocycles. The van der Waals surface area contributed by atoms with Gasteiger partial charge in [-0.1, -0.05) is 23.7 Å². The minimum Gasteiger partial charge on any atom is -0.386 e. The SMILES string of the molecule is Cc1c(Cl)cccc1C(C=C(N)N)N(C)C. The second-order valence-corrected chi connectivity index (χ2v) is 4.44. The quantitative estimate of drug-likeness (QED) is 0.849. The molecule has 0 amide bonds. The van der Waals surface area contributed by atoms with Crippen molar-refractivity contribution in [2.75, 3.05) is 14.1 Å². The minimum atomic E-state index is 0.0451. The monoisotopic (exact) mass is 239 g/mol. The van der Waals surface area contributed by atoms with Crippen molar-refractivity contribution in [2.45, 2.75) is 13.0 Å². The third-order valence-electron chi connectivity index (χ3n) is 2.53. The Morgan fingerprint density at radius 2 is 2.00 bits per heavy atom. The topological polar surface area (TPSA) is 55.3 Å². The molecule has 1 aromatic carbocycles. The molecule has 0 aliphatic heterocycles. The molecule has 1 aromatic rings. The third kappa shape index (κ3) is 2.90. The van der Waals surface area contributed by atoms with Gasteiger partial charge in [-0.2, -0.15) is 0 Å². The van der Waals surface area contributed by atoms with Crippen molar-refractivity contribution >= 4 is 11.6 Å². The molecule has 0 aromatic heterocycles. The molecule has 88 valence electrons. The summed E-state index contributed by atoms with van der Waals surface area (Å²) in [6.07, 6.45) is 1.82. The number of hydrogen-bond donors (Lipinski definition) is 2. The first kappa shape index (κ1) is 12.9. The fourth-order valence-corrected chi connectivity index (χ4v) is 1.83. The molecule has 0 radical (unpaired) electrons. The van der Waals surface area contributed by atoms with E-state index < -0.39 is 0 Å². The lowest BCUT2D eigenvalue weighted by atomic mass is 10.00. The van der Waals surface area contributed by atoms with Gasteiger partial charge in [0.05, 0.1) is 11.9 Å². The van der Waals surface area contributed by atoms with Gasteiger partial charge < -0.3 is 11.5 Å². The Morgan fingerprint density at radius 1 is 1.38 bits per heavy atom. The number of halogens is 1. The van der Waals surface area contributed by atoms with E-state index in [0.717, 1.165) is 16.1 Å². The lowest BCUT2D eigenvalue weighted by molar-refractivity contribution is 0.348. The van der Waals surface area contributed by atoms with E-state index in [1.807, 2.05) is 50.2 Å². The molecule has 0 heterocycles. The van der Waals surface area contributed by atoms with Gasteiger partial charge in [0.2, 0.25) is 0 Å². The van der Waals surface area contributed by atoms with Crippen LogP contribution in [0.5, 0.6) is 0 Å². The summed E-state index contributed by atoms with van der Waals surface area (Å²) in [4.78, 5) is 2.04. The zero-order valence-electron chi connectivity index (χ0n) is 9.87. The summed E-state index contributed by atoms with van der Waals surface area (Å²) in [5, 5.41) is 0.758. The molecule has 0 saturated heterocycles. The number of nitrogens with two attached hydrogens (primary N) is 2. The highest BCUT2D eigenvalue weighted by Gasteiger charge is 2.15. The van der Waals surface area contributed by atoms with Crippen LogP contribution >= 0.6 is 11.6 Å². The van der Waals surface area contributed by atoms with Gasteiger partial charge in [-0.15, -0.1) is 0 Å². The van der Waals surface area contributed by atoms with E-state index in [1.54, 1.807) is 0 Å². The molecule has 0 bridgehead atoms. The molecule has 1 atom stereocenters. The fraction of sp³-hybridized carbons (Fsp3) is 0.333. The van der Waals surface area contributed by atoms with E-state index in [4.69, 9.17) is 23.1 Å². The average molecular weight is 240 g/mol. The highest BCUT2D eigenvalue weighted by molar-refractivity contribution is 6.31. The molecule has 0 aliphatic rings. The molecule has 0 saturated carbocycles. The second-order valence-electron chi connectivity index (χ2n) is 4.03. The Kier molecular flexibility index (Phi) is 4.21. The summed E-state index contributed by atoms with van der Waals surface area (Å²) >= 11 is 6.10. The molecule has 0 fully saturated rings. The summed E-state index contributed by atoms with van der Waals surface area (Å²) in [5.41, 5.74) is 13.2. The summed E-state index contributed by atoms with van der Waals surface area (Å²) in [6, 6.07) is 5.89. The predicted octanol–water partition coefficient (Wildman–Crippen LogP) is 2.01. The molecule has 4 N–H and O–H groups in total. The lowest BCUT2D eigenvalue weighted by Gasteiger charge is -2.23. The Hall–Kier alpha value is -1.19. The predicted molar refractivity (Wildman–Crippen MR) is 69.1 cm³/mol. The third-order valence-corrected chi connectivity index (χ3v) is 2.94. The number of hydrogen-bond acceptors (Lipinski definition) is 3. The molecular weight excluding hydrogens is 222 g/mol. The van der Waals surface area contributed by atoms with Gasteiger partial charge in [0.25, 0.3) is 0 Å². The normalized spacial score (nSPS) is 12.6. The van der Waals surface area contributed by atoms with Gasteiger partial charge in [-0.05, 0) is 44.3 Å². The van der Waals surface area contributed by atoms with Crippen molar-refractivity contribution in [2.24, 2.45) is 11.5 Å². The number of benzene rings is 1. The summed E-state index contributed by atoms with van der Waals surface area (Å²) < 4.78 is 0. The van der Waals surface area contributed by atoms with Gasteiger partial charge in [-0.25, -0.2) is 0 Å². The Morgan fingerprint density at radius 3 is 2.50 bits per heavy atom. The molecular formula is C12H18ClN3. The maximum atomic E-state index is 6.10. The van der Waals surface area contributed by atoms with Crippen LogP contribution in [0.1, 0.15) is 17.2 Å². The summed E-state index contributed by atoms with van der Waals surface area (Å²) in [5.74, 6) is 0.318. The first-order chi connectivity index (χ1) is 7.43. The molecule has 3 nitrogen and oxygen atoms in total. The standard InChI is InChI=1S/C12H18ClN3/c1-8-9(5-4-6-10(8)13)11(16(2)3)7-12(14)15/h4-7,11H,14-15H2,1-3H3. The average Bonchev–Trinajstić information content (AvgIpc) is 2.18. The van der Waals surface area contributed by atoms with Gasteiger partial charge in [-0.3, -0.25) is 4.90 Å². The first-order valence-corrected chi connectivity index (χ1v) is 5.45. The van der Waals surface area contributed by atoms with Crippen molar-refractivity contribution in [1.29, 1.82) is 0 Å². The smallest absolute Gasteiger partial charge is 0.0911 e. The van der Waals surface area contributed by atoms with Gasteiger partial charge in [0.15, 0.2) is 0 Å². The number of rotatable bonds is 3. The van der Waals surface area contributed by atoms with Crippen molar-refractivity contribution in [1.82, 2.24) is 4.90 Å². The van der Waals surface area contributed by atoms with Gasteiger partial charge >= 0.3 is 0 Å². The van der Waals surface area contributed by atoms with Crippen molar-refractivity contribution in [3.8, 4) is 0 Å². The molecule has 0 spiro atoms.